The molecule has 0 atom stereocenters. The Bertz CT molecular complexity index is 417. The van der Waals surface area contributed by atoms with Gasteiger partial charge in [0.1, 0.15) is 5.71 Å². The smallest absolute Gasteiger partial charge is 0.103 e. The summed E-state index contributed by atoms with van der Waals surface area (Å²) in [4.78, 5) is 0. The molecule has 0 saturated heterocycles. The van der Waals surface area contributed by atoms with Gasteiger partial charge in [-0.2, -0.15) is 10.4 Å². The van der Waals surface area contributed by atoms with E-state index in [1.807, 2.05) is 18.2 Å². The van der Waals surface area contributed by atoms with Crippen LogP contribution in [0.25, 0.3) is 0 Å². The molecule has 0 fully saturated rings. The minimum atomic E-state index is 0.208. The second kappa shape index (κ2) is 6.32. The Morgan fingerprint density at radius 2 is 2.19 bits per heavy atom. The van der Waals surface area contributed by atoms with Gasteiger partial charge >= 0.3 is 0 Å². The SMILES string of the molecule is N#Cc1ccc(COCC(C=N)=NN)cc1. The van der Waals surface area contributed by atoms with Gasteiger partial charge in [0.05, 0.1) is 24.8 Å². The number of benzene rings is 1. The maximum atomic E-state index is 8.61. The Morgan fingerprint density at radius 1 is 1.50 bits per heavy atom. The number of nitrogens with zero attached hydrogens (tertiary/aromatic N) is 2. The Kier molecular flexibility index (Phi) is 4.70. The van der Waals surface area contributed by atoms with Crippen LogP contribution in [0.3, 0.4) is 0 Å². The van der Waals surface area contributed by atoms with Crippen molar-refractivity contribution in [2.75, 3.05) is 6.61 Å². The first-order chi connectivity index (χ1) is 7.80. The lowest BCUT2D eigenvalue weighted by Gasteiger charge is -2.03. The molecule has 1 aromatic rings. The molecule has 0 saturated carbocycles. The average Bonchev–Trinajstić information content (AvgIpc) is 2.35. The number of nitriles is 1. The standard InChI is InChI=1S/C11H12N4O/c12-5-9-1-3-10(4-2-9)7-16-8-11(6-13)15-14/h1-4,6,13H,7-8,14H2. The number of ether oxygens (including phenoxy) is 1. The highest BCUT2D eigenvalue weighted by Crippen LogP contribution is 2.04. The van der Waals surface area contributed by atoms with Crippen LogP contribution >= 0.6 is 0 Å². The van der Waals surface area contributed by atoms with E-state index in [1.165, 1.54) is 0 Å². The number of hydrogen-bond donors (Lipinski definition) is 2. The first kappa shape index (κ1) is 11.9. The minimum Gasteiger partial charge on any atom is -0.370 e. The summed E-state index contributed by atoms with van der Waals surface area (Å²) in [5.74, 6) is 5.02. The van der Waals surface area contributed by atoms with Crippen LogP contribution < -0.4 is 5.84 Å². The van der Waals surface area contributed by atoms with E-state index in [1.54, 1.807) is 12.1 Å². The molecule has 0 amide bonds. The summed E-state index contributed by atoms with van der Waals surface area (Å²) >= 11 is 0. The fraction of sp³-hybridized carbons (Fsp3) is 0.182. The van der Waals surface area contributed by atoms with Crippen LogP contribution in [0.2, 0.25) is 0 Å². The molecule has 0 heterocycles. The zero-order valence-corrected chi connectivity index (χ0v) is 8.68. The Morgan fingerprint density at radius 3 is 2.69 bits per heavy atom. The molecule has 5 nitrogen and oxygen atoms in total. The molecule has 3 N–H and O–H groups in total. The van der Waals surface area contributed by atoms with E-state index in [4.69, 9.17) is 21.3 Å². The van der Waals surface area contributed by atoms with Crippen molar-refractivity contribution in [2.24, 2.45) is 10.9 Å². The lowest BCUT2D eigenvalue weighted by atomic mass is 10.2. The normalized spacial score (nSPS) is 10.8. The number of hydrogen-bond acceptors (Lipinski definition) is 5. The first-order valence-electron chi connectivity index (χ1n) is 4.64. The molecule has 0 aliphatic rings. The van der Waals surface area contributed by atoms with Gasteiger partial charge in [0.2, 0.25) is 0 Å². The zero-order valence-electron chi connectivity index (χ0n) is 8.68. The van der Waals surface area contributed by atoms with Crippen molar-refractivity contribution in [3.8, 4) is 6.07 Å². The lowest BCUT2D eigenvalue weighted by molar-refractivity contribution is 0.159. The molecule has 0 radical (unpaired) electrons. The highest BCUT2D eigenvalue weighted by Gasteiger charge is 1.97. The lowest BCUT2D eigenvalue weighted by Crippen LogP contribution is -2.12. The maximum absolute atomic E-state index is 8.61. The van der Waals surface area contributed by atoms with Crippen molar-refractivity contribution >= 4 is 11.9 Å². The molecule has 0 aliphatic heterocycles. The fourth-order valence-corrected chi connectivity index (χ4v) is 1.07. The summed E-state index contributed by atoms with van der Waals surface area (Å²) in [6.45, 7) is 0.610. The number of rotatable bonds is 5. The van der Waals surface area contributed by atoms with Crippen molar-refractivity contribution in [1.82, 2.24) is 0 Å². The van der Waals surface area contributed by atoms with E-state index in [9.17, 15) is 0 Å². The quantitative estimate of drug-likeness (QED) is 0.437. The van der Waals surface area contributed by atoms with E-state index in [2.05, 4.69) is 5.10 Å². The molecule has 0 unspecified atom stereocenters. The largest absolute Gasteiger partial charge is 0.370 e. The molecular weight excluding hydrogens is 204 g/mol. The molecule has 82 valence electrons. The van der Waals surface area contributed by atoms with Gasteiger partial charge in [-0.15, -0.1) is 0 Å². The van der Waals surface area contributed by atoms with Crippen LogP contribution in [0.4, 0.5) is 0 Å². The predicted molar refractivity (Wildman–Crippen MR) is 61.2 cm³/mol. The van der Waals surface area contributed by atoms with Gasteiger partial charge in [-0.05, 0) is 17.7 Å². The fourth-order valence-electron chi connectivity index (χ4n) is 1.07. The van der Waals surface area contributed by atoms with Gasteiger partial charge in [0, 0.05) is 6.21 Å². The Balaban J connectivity index is 2.43. The Hall–Kier alpha value is -2.19. The van der Waals surface area contributed by atoms with Crippen molar-refractivity contribution in [3.05, 3.63) is 35.4 Å². The van der Waals surface area contributed by atoms with E-state index >= 15 is 0 Å². The van der Waals surface area contributed by atoms with E-state index in [0.717, 1.165) is 11.8 Å². The summed E-state index contributed by atoms with van der Waals surface area (Å²) in [5.41, 5.74) is 1.96. The van der Waals surface area contributed by atoms with Crippen LogP contribution in [0.5, 0.6) is 0 Å². The van der Waals surface area contributed by atoms with Gasteiger partial charge in [-0.3, -0.25) is 0 Å². The number of nitrogens with two attached hydrogens (primary N) is 1. The third-order valence-electron chi connectivity index (χ3n) is 1.93. The first-order valence-corrected chi connectivity index (χ1v) is 4.64. The second-order valence-corrected chi connectivity index (χ2v) is 3.07. The van der Waals surface area contributed by atoms with Gasteiger partial charge < -0.3 is 16.0 Å². The summed E-state index contributed by atoms with van der Waals surface area (Å²) in [6, 6.07) is 9.14. The van der Waals surface area contributed by atoms with E-state index < -0.39 is 0 Å². The Labute approximate surface area is 93.7 Å². The van der Waals surface area contributed by atoms with Crippen LogP contribution in [0.1, 0.15) is 11.1 Å². The van der Waals surface area contributed by atoms with Gasteiger partial charge in [0.15, 0.2) is 0 Å². The van der Waals surface area contributed by atoms with Crippen molar-refractivity contribution in [2.45, 2.75) is 6.61 Å². The minimum absolute atomic E-state index is 0.208. The molecule has 0 bridgehead atoms. The highest BCUT2D eigenvalue weighted by molar-refractivity contribution is 6.30. The highest BCUT2D eigenvalue weighted by atomic mass is 16.5. The van der Waals surface area contributed by atoms with Crippen LogP contribution in [-0.4, -0.2) is 18.5 Å². The summed E-state index contributed by atoms with van der Waals surface area (Å²) in [6.07, 6.45) is 1.05. The van der Waals surface area contributed by atoms with E-state index in [-0.39, 0.29) is 6.61 Å². The monoisotopic (exact) mass is 216 g/mol. The number of hydrazone groups is 1. The predicted octanol–water partition coefficient (Wildman–Crippen LogP) is 1.04. The summed E-state index contributed by atoms with van der Waals surface area (Å²) in [7, 11) is 0. The molecule has 1 rings (SSSR count). The second-order valence-electron chi connectivity index (χ2n) is 3.07. The van der Waals surface area contributed by atoms with Crippen LogP contribution in [-0.2, 0) is 11.3 Å². The van der Waals surface area contributed by atoms with Crippen LogP contribution in [0, 0.1) is 16.7 Å². The third kappa shape index (κ3) is 3.52. The molecule has 0 aliphatic carbocycles. The maximum Gasteiger partial charge on any atom is 0.103 e. The topological polar surface area (TPSA) is 95.2 Å². The van der Waals surface area contributed by atoms with Crippen LogP contribution in [0.15, 0.2) is 29.4 Å². The van der Waals surface area contributed by atoms with Crippen molar-refractivity contribution in [1.29, 1.82) is 10.7 Å². The number of nitrogens with one attached hydrogen (secondary N) is 1. The molecule has 0 spiro atoms. The molecule has 1 aromatic carbocycles. The van der Waals surface area contributed by atoms with Crippen molar-refractivity contribution in [3.63, 3.8) is 0 Å². The van der Waals surface area contributed by atoms with E-state index in [0.29, 0.717) is 17.9 Å². The van der Waals surface area contributed by atoms with Crippen molar-refractivity contribution < 1.29 is 4.74 Å². The molecule has 0 aromatic heterocycles. The third-order valence-corrected chi connectivity index (χ3v) is 1.93. The zero-order chi connectivity index (χ0) is 11.8. The molecule has 16 heavy (non-hydrogen) atoms. The summed E-state index contributed by atoms with van der Waals surface area (Å²) < 4.78 is 5.29. The summed E-state index contributed by atoms with van der Waals surface area (Å²) in [5, 5.41) is 18.9. The molecule has 5 heteroatoms. The van der Waals surface area contributed by atoms with Gasteiger partial charge in [0.25, 0.3) is 0 Å². The van der Waals surface area contributed by atoms with Gasteiger partial charge in [-0.1, -0.05) is 12.1 Å². The average molecular weight is 216 g/mol. The molecular formula is C11H12N4O. The van der Waals surface area contributed by atoms with Gasteiger partial charge in [-0.25, -0.2) is 0 Å².